The summed E-state index contributed by atoms with van der Waals surface area (Å²) < 4.78 is 20.9. The van der Waals surface area contributed by atoms with Crippen LogP contribution in [0.15, 0.2) is 24.7 Å². The van der Waals surface area contributed by atoms with Crippen molar-refractivity contribution in [3.63, 3.8) is 0 Å². The topological polar surface area (TPSA) is 35.5 Å². The van der Waals surface area contributed by atoms with Gasteiger partial charge in [0.05, 0.1) is 18.2 Å². The van der Waals surface area contributed by atoms with Crippen LogP contribution in [0.4, 0.5) is 0 Å². The monoisotopic (exact) mass is 176 g/mol. The maximum atomic E-state index is 11.3. The Morgan fingerprint density at radius 3 is 1.64 bits per heavy atom. The van der Waals surface area contributed by atoms with Gasteiger partial charge >= 0.3 is 7.60 Å². The normalized spacial score (nSPS) is 10.5. The van der Waals surface area contributed by atoms with Crippen LogP contribution in [0.3, 0.4) is 0 Å². The molecule has 0 unspecified atom stereocenters. The van der Waals surface area contributed by atoms with Crippen molar-refractivity contribution in [3.8, 4) is 0 Å². The number of rotatable bonds is 4. The van der Waals surface area contributed by atoms with Gasteiger partial charge in [-0.2, -0.15) is 0 Å². The summed E-state index contributed by atoms with van der Waals surface area (Å²) in [6.07, 6.45) is 0. The first-order valence-corrected chi connectivity index (χ1v) is 5.10. The van der Waals surface area contributed by atoms with Gasteiger partial charge in [0.2, 0.25) is 0 Å². The van der Waals surface area contributed by atoms with Gasteiger partial charge in [-0.3, -0.25) is 0 Å². The second-order valence-electron chi connectivity index (χ2n) is 2.36. The van der Waals surface area contributed by atoms with E-state index in [2.05, 4.69) is 13.2 Å². The van der Waals surface area contributed by atoms with Crippen LogP contribution in [0.2, 0.25) is 0 Å². The lowest BCUT2D eigenvalue weighted by Crippen LogP contribution is -1.89. The molecule has 0 saturated heterocycles. The molecule has 0 aliphatic rings. The quantitative estimate of drug-likeness (QED) is 0.488. The van der Waals surface area contributed by atoms with E-state index in [1.165, 1.54) is 6.66 Å². The second-order valence-corrected chi connectivity index (χ2v) is 4.27. The maximum absolute atomic E-state index is 11.3. The van der Waals surface area contributed by atoms with Gasteiger partial charge in [-0.1, -0.05) is 13.2 Å². The fourth-order valence-electron chi connectivity index (χ4n) is 0.585. The van der Waals surface area contributed by atoms with E-state index in [1.54, 1.807) is 13.8 Å². The molecular formula is C7H13O3P. The van der Waals surface area contributed by atoms with Gasteiger partial charge in [-0.25, -0.2) is 4.57 Å². The molecule has 0 aliphatic heterocycles. The molecule has 0 N–H and O–H groups in total. The summed E-state index contributed by atoms with van der Waals surface area (Å²) in [5, 5.41) is 0. The second kappa shape index (κ2) is 3.63. The molecule has 0 aromatic carbocycles. The van der Waals surface area contributed by atoms with Crippen molar-refractivity contribution in [2.45, 2.75) is 13.8 Å². The highest BCUT2D eigenvalue weighted by molar-refractivity contribution is 7.53. The van der Waals surface area contributed by atoms with Crippen LogP contribution in [0.1, 0.15) is 13.8 Å². The average molecular weight is 176 g/mol. The van der Waals surface area contributed by atoms with E-state index in [0.717, 1.165) is 0 Å². The van der Waals surface area contributed by atoms with E-state index in [-0.39, 0.29) is 0 Å². The summed E-state index contributed by atoms with van der Waals surface area (Å²) in [6, 6.07) is 0. The molecular weight excluding hydrogens is 163 g/mol. The third-order valence-corrected chi connectivity index (χ3v) is 1.93. The predicted octanol–water partition coefficient (Wildman–Crippen LogP) is 2.91. The van der Waals surface area contributed by atoms with E-state index < -0.39 is 7.60 Å². The molecule has 0 saturated carbocycles. The highest BCUT2D eigenvalue weighted by atomic mass is 31.2. The number of hydrogen-bond acceptors (Lipinski definition) is 3. The molecule has 0 spiro atoms. The zero-order chi connectivity index (χ0) is 9.07. The smallest absolute Gasteiger partial charge is 0.422 e. The Hall–Kier alpha value is -0.690. The summed E-state index contributed by atoms with van der Waals surface area (Å²) in [6.45, 7) is 11.5. The first kappa shape index (κ1) is 10.3. The van der Waals surface area contributed by atoms with Crippen molar-refractivity contribution < 1.29 is 13.6 Å². The average Bonchev–Trinajstić information content (AvgIpc) is 1.53. The van der Waals surface area contributed by atoms with Crippen LogP contribution in [-0.2, 0) is 13.6 Å². The van der Waals surface area contributed by atoms with Crippen molar-refractivity contribution in [2.24, 2.45) is 0 Å². The van der Waals surface area contributed by atoms with E-state index in [0.29, 0.717) is 11.5 Å². The fraction of sp³-hybridized carbons (Fsp3) is 0.429. The Balaban J connectivity index is 4.12. The number of hydrogen-bond donors (Lipinski definition) is 0. The summed E-state index contributed by atoms with van der Waals surface area (Å²) in [4.78, 5) is 0. The summed E-state index contributed by atoms with van der Waals surface area (Å²) >= 11 is 0. The van der Waals surface area contributed by atoms with Crippen molar-refractivity contribution in [2.75, 3.05) is 6.66 Å². The minimum atomic E-state index is -3.00. The van der Waals surface area contributed by atoms with Gasteiger partial charge in [-0.15, -0.1) is 0 Å². The lowest BCUT2D eigenvalue weighted by Gasteiger charge is -2.15. The van der Waals surface area contributed by atoms with E-state index in [4.69, 9.17) is 9.05 Å². The molecule has 3 nitrogen and oxygen atoms in total. The van der Waals surface area contributed by atoms with Crippen LogP contribution in [0.25, 0.3) is 0 Å². The van der Waals surface area contributed by atoms with Crippen molar-refractivity contribution >= 4 is 7.60 Å². The summed E-state index contributed by atoms with van der Waals surface area (Å²) in [5.41, 5.74) is 0. The molecule has 0 bridgehead atoms. The summed E-state index contributed by atoms with van der Waals surface area (Å²) in [7, 11) is -3.00. The molecule has 0 aromatic heterocycles. The SMILES string of the molecule is C=C(C)OP(C)(=O)OC(=C)C. The van der Waals surface area contributed by atoms with Crippen molar-refractivity contribution in [1.29, 1.82) is 0 Å². The lowest BCUT2D eigenvalue weighted by molar-refractivity contribution is 0.298. The zero-order valence-electron chi connectivity index (χ0n) is 7.09. The standard InChI is InChI=1S/C7H13O3P/c1-6(2)9-11(5,8)10-7(3)4/h1,3H2,2,4-5H3. The molecule has 0 radical (unpaired) electrons. The Bertz CT molecular complexity index is 200. The summed E-state index contributed by atoms with van der Waals surface area (Å²) in [5.74, 6) is 0.745. The Morgan fingerprint density at radius 1 is 1.18 bits per heavy atom. The minimum Gasteiger partial charge on any atom is -0.422 e. The molecule has 0 amide bonds. The molecule has 0 rings (SSSR count). The molecule has 0 atom stereocenters. The van der Waals surface area contributed by atoms with E-state index in [9.17, 15) is 4.57 Å². The van der Waals surface area contributed by atoms with Gasteiger partial charge in [0.15, 0.2) is 0 Å². The van der Waals surface area contributed by atoms with Gasteiger partial charge in [0.25, 0.3) is 0 Å². The van der Waals surface area contributed by atoms with E-state index in [1.807, 2.05) is 0 Å². The van der Waals surface area contributed by atoms with Gasteiger partial charge < -0.3 is 9.05 Å². The molecule has 64 valence electrons. The fourth-order valence-corrected chi connectivity index (χ4v) is 1.75. The first-order valence-electron chi connectivity index (χ1n) is 3.11. The lowest BCUT2D eigenvalue weighted by atomic mass is 10.7. The van der Waals surface area contributed by atoms with Crippen LogP contribution >= 0.6 is 7.60 Å². The van der Waals surface area contributed by atoms with Gasteiger partial charge in [0, 0.05) is 0 Å². The van der Waals surface area contributed by atoms with Crippen molar-refractivity contribution in [3.05, 3.63) is 24.7 Å². The Kier molecular flexibility index (Phi) is 3.40. The van der Waals surface area contributed by atoms with Crippen molar-refractivity contribution in [1.82, 2.24) is 0 Å². The highest BCUT2D eigenvalue weighted by Gasteiger charge is 2.18. The van der Waals surface area contributed by atoms with Gasteiger partial charge in [-0.05, 0) is 13.8 Å². The van der Waals surface area contributed by atoms with Gasteiger partial charge in [0.1, 0.15) is 0 Å². The molecule has 4 heteroatoms. The zero-order valence-corrected chi connectivity index (χ0v) is 7.98. The van der Waals surface area contributed by atoms with Crippen LogP contribution in [-0.4, -0.2) is 6.66 Å². The highest BCUT2D eigenvalue weighted by Crippen LogP contribution is 2.47. The Morgan fingerprint density at radius 2 is 1.45 bits per heavy atom. The molecule has 0 aromatic rings. The van der Waals surface area contributed by atoms with Crippen LogP contribution in [0, 0.1) is 0 Å². The Labute approximate surface area is 67.2 Å². The predicted molar refractivity (Wildman–Crippen MR) is 45.3 cm³/mol. The third-order valence-electron chi connectivity index (χ3n) is 0.643. The van der Waals surface area contributed by atoms with Crippen LogP contribution < -0.4 is 0 Å². The molecule has 0 fully saturated rings. The molecule has 0 aliphatic carbocycles. The first-order chi connectivity index (χ1) is 4.83. The largest absolute Gasteiger partial charge is 0.426 e. The van der Waals surface area contributed by atoms with Crippen LogP contribution in [0.5, 0.6) is 0 Å². The maximum Gasteiger partial charge on any atom is 0.426 e. The van der Waals surface area contributed by atoms with E-state index >= 15 is 0 Å². The number of allylic oxidation sites excluding steroid dienone is 2. The molecule has 0 heterocycles. The molecule has 11 heavy (non-hydrogen) atoms. The minimum absolute atomic E-state index is 0.372. The third kappa shape index (κ3) is 5.74.